The zero-order chi connectivity index (χ0) is 20.4. The van der Waals surface area contributed by atoms with Crippen LogP contribution in [-0.2, 0) is 0 Å². The van der Waals surface area contributed by atoms with Crippen molar-refractivity contribution in [3.8, 4) is 0 Å². The maximum atomic E-state index is 13.4. The first-order chi connectivity index (χ1) is 14.0. The van der Waals surface area contributed by atoms with Crippen LogP contribution < -0.4 is 5.32 Å². The second-order valence-electron chi connectivity index (χ2n) is 5.99. The molecule has 0 atom stereocenters. The number of nitro groups is 1. The zero-order valence-electron chi connectivity index (χ0n) is 14.7. The molecule has 3 aromatic carbocycles. The lowest BCUT2D eigenvalue weighted by Gasteiger charge is -2.07. The van der Waals surface area contributed by atoms with E-state index in [0.717, 1.165) is 20.6 Å². The number of amides is 1. The van der Waals surface area contributed by atoms with E-state index in [1.165, 1.54) is 53.4 Å². The number of anilines is 1. The van der Waals surface area contributed by atoms with Crippen molar-refractivity contribution in [3.05, 3.63) is 88.2 Å². The van der Waals surface area contributed by atoms with Crippen molar-refractivity contribution in [3.63, 3.8) is 0 Å². The summed E-state index contributed by atoms with van der Waals surface area (Å²) in [6, 6.07) is 17.2. The van der Waals surface area contributed by atoms with Crippen molar-refractivity contribution in [2.75, 3.05) is 5.32 Å². The Hall–Kier alpha value is -3.30. The fourth-order valence-corrected chi connectivity index (χ4v) is 4.78. The Bertz CT molecular complexity index is 1210. The van der Waals surface area contributed by atoms with E-state index in [1.54, 1.807) is 6.07 Å². The highest BCUT2D eigenvalue weighted by Crippen LogP contribution is 2.37. The molecule has 0 fully saturated rings. The summed E-state index contributed by atoms with van der Waals surface area (Å²) >= 11 is 2.75. The van der Waals surface area contributed by atoms with Gasteiger partial charge in [0.2, 0.25) is 0 Å². The number of para-hydroxylation sites is 1. The lowest BCUT2D eigenvalue weighted by Crippen LogP contribution is -2.12. The van der Waals surface area contributed by atoms with Crippen molar-refractivity contribution in [1.29, 1.82) is 0 Å². The first-order valence-electron chi connectivity index (χ1n) is 8.38. The molecular formula is C20H12FN3O3S2. The molecular weight excluding hydrogens is 413 g/mol. The molecule has 4 aromatic rings. The molecule has 0 aliphatic heterocycles. The molecule has 1 amide bonds. The molecule has 0 aliphatic carbocycles. The molecule has 0 bridgehead atoms. The number of thiazole rings is 1. The molecule has 0 spiro atoms. The third-order valence-electron chi connectivity index (χ3n) is 3.93. The van der Waals surface area contributed by atoms with Crippen LogP contribution >= 0.6 is 23.1 Å². The highest BCUT2D eigenvalue weighted by Gasteiger charge is 2.15. The van der Waals surface area contributed by atoms with Crippen LogP contribution in [0.1, 0.15) is 10.4 Å². The summed E-state index contributed by atoms with van der Waals surface area (Å²) in [6.07, 6.45) is 0. The summed E-state index contributed by atoms with van der Waals surface area (Å²) < 4.78 is 15.1. The summed E-state index contributed by atoms with van der Waals surface area (Å²) in [7, 11) is 0. The Morgan fingerprint density at radius 3 is 2.69 bits per heavy atom. The van der Waals surface area contributed by atoms with Crippen LogP contribution in [0, 0.1) is 15.9 Å². The SMILES string of the molecule is O=C(Nc1cc(Sc2nc3ccccc3s2)cc([N+](=O)[O-])c1)c1cccc(F)c1. The number of aromatic nitrogens is 1. The van der Waals surface area contributed by atoms with Crippen LogP contribution in [0.2, 0.25) is 0 Å². The smallest absolute Gasteiger partial charge is 0.272 e. The second kappa shape index (κ2) is 7.98. The lowest BCUT2D eigenvalue weighted by atomic mass is 10.2. The largest absolute Gasteiger partial charge is 0.322 e. The summed E-state index contributed by atoms with van der Waals surface area (Å²) in [5.41, 5.74) is 1.06. The van der Waals surface area contributed by atoms with Crippen LogP contribution in [0.3, 0.4) is 0 Å². The van der Waals surface area contributed by atoms with Gasteiger partial charge in [0.15, 0.2) is 4.34 Å². The standard InChI is InChI=1S/C20H12FN3O3S2/c21-13-5-3-4-12(8-13)19(25)22-14-9-15(24(26)27)11-16(10-14)28-20-23-17-6-1-2-7-18(17)29-20/h1-11H,(H,22,25). The van der Waals surface area contributed by atoms with E-state index in [1.807, 2.05) is 24.3 Å². The number of hydrogen-bond donors (Lipinski definition) is 1. The third kappa shape index (κ3) is 4.41. The zero-order valence-corrected chi connectivity index (χ0v) is 16.3. The number of rotatable bonds is 5. The Balaban J connectivity index is 1.63. The molecule has 1 aromatic heterocycles. The number of nitrogens with zero attached hydrogens (tertiary/aromatic N) is 2. The van der Waals surface area contributed by atoms with Gasteiger partial charge >= 0.3 is 0 Å². The summed E-state index contributed by atoms with van der Waals surface area (Å²) in [6.45, 7) is 0. The lowest BCUT2D eigenvalue weighted by molar-refractivity contribution is -0.385. The number of carbonyl (C=O) groups is 1. The van der Waals surface area contributed by atoms with Crippen LogP contribution in [0.5, 0.6) is 0 Å². The molecule has 1 heterocycles. The van der Waals surface area contributed by atoms with Crippen LogP contribution in [0.15, 0.2) is 76.0 Å². The van der Waals surface area contributed by atoms with Crippen molar-refractivity contribution in [2.45, 2.75) is 9.24 Å². The van der Waals surface area contributed by atoms with Gasteiger partial charge in [-0.05, 0) is 36.4 Å². The van der Waals surface area contributed by atoms with Gasteiger partial charge in [0.25, 0.3) is 11.6 Å². The topological polar surface area (TPSA) is 85.1 Å². The summed E-state index contributed by atoms with van der Waals surface area (Å²) in [4.78, 5) is 28.2. The van der Waals surface area contributed by atoms with E-state index in [9.17, 15) is 19.3 Å². The van der Waals surface area contributed by atoms with Crippen LogP contribution in [0.4, 0.5) is 15.8 Å². The Labute approximate surface area is 172 Å². The molecule has 144 valence electrons. The molecule has 0 saturated carbocycles. The maximum absolute atomic E-state index is 13.4. The molecule has 9 heteroatoms. The van der Waals surface area contributed by atoms with Crippen molar-refractivity contribution in [1.82, 2.24) is 4.98 Å². The first-order valence-corrected chi connectivity index (χ1v) is 10.0. The quantitative estimate of drug-likeness (QED) is 0.325. The molecule has 4 rings (SSSR count). The minimum absolute atomic E-state index is 0.122. The minimum atomic E-state index is -0.555. The van der Waals surface area contributed by atoms with Gasteiger partial charge in [0.05, 0.1) is 15.1 Å². The number of halogens is 1. The maximum Gasteiger partial charge on any atom is 0.272 e. The van der Waals surface area contributed by atoms with E-state index < -0.39 is 16.6 Å². The molecule has 0 saturated heterocycles. The predicted octanol–water partition coefficient (Wildman–Crippen LogP) is 5.75. The molecule has 0 unspecified atom stereocenters. The van der Waals surface area contributed by atoms with Gasteiger partial charge in [0.1, 0.15) is 5.82 Å². The number of benzene rings is 3. The van der Waals surface area contributed by atoms with E-state index in [4.69, 9.17) is 0 Å². The normalized spacial score (nSPS) is 10.8. The Morgan fingerprint density at radius 2 is 1.93 bits per heavy atom. The summed E-state index contributed by atoms with van der Waals surface area (Å²) in [5, 5.41) is 13.9. The average molecular weight is 425 g/mol. The fraction of sp³-hybridized carbons (Fsp3) is 0. The van der Waals surface area contributed by atoms with Gasteiger partial charge in [-0.2, -0.15) is 0 Å². The first kappa shape index (κ1) is 19.0. The van der Waals surface area contributed by atoms with E-state index in [2.05, 4.69) is 10.3 Å². The number of non-ortho nitro benzene ring substituents is 1. The van der Waals surface area contributed by atoms with E-state index >= 15 is 0 Å². The molecule has 29 heavy (non-hydrogen) atoms. The number of hydrogen-bond acceptors (Lipinski definition) is 6. The minimum Gasteiger partial charge on any atom is -0.322 e. The summed E-state index contributed by atoms with van der Waals surface area (Å²) in [5.74, 6) is -1.09. The highest BCUT2D eigenvalue weighted by molar-refractivity contribution is 8.01. The molecule has 0 aliphatic rings. The predicted molar refractivity (Wildman–Crippen MR) is 111 cm³/mol. The molecule has 6 nitrogen and oxygen atoms in total. The van der Waals surface area contributed by atoms with Crippen molar-refractivity contribution < 1.29 is 14.1 Å². The van der Waals surface area contributed by atoms with Gasteiger partial charge < -0.3 is 5.32 Å². The van der Waals surface area contributed by atoms with Gasteiger partial charge in [0, 0.05) is 28.3 Å². The number of nitro benzene ring substituents is 1. The third-order valence-corrected chi connectivity index (χ3v) is 5.99. The number of fused-ring (bicyclic) bond motifs is 1. The fourth-order valence-electron chi connectivity index (χ4n) is 2.65. The number of carbonyl (C=O) groups excluding carboxylic acids is 1. The van der Waals surface area contributed by atoms with Gasteiger partial charge in [-0.15, -0.1) is 11.3 Å². The van der Waals surface area contributed by atoms with Crippen LogP contribution in [0.25, 0.3) is 10.2 Å². The average Bonchev–Trinajstić information content (AvgIpc) is 3.10. The van der Waals surface area contributed by atoms with Crippen molar-refractivity contribution >= 4 is 50.6 Å². The van der Waals surface area contributed by atoms with E-state index in [-0.39, 0.29) is 16.9 Å². The second-order valence-corrected chi connectivity index (χ2v) is 8.34. The van der Waals surface area contributed by atoms with E-state index in [0.29, 0.717) is 4.90 Å². The Kier molecular flexibility index (Phi) is 5.24. The molecule has 1 N–H and O–H groups in total. The number of nitrogens with one attached hydrogen (secondary N) is 1. The van der Waals surface area contributed by atoms with Crippen molar-refractivity contribution in [2.24, 2.45) is 0 Å². The van der Waals surface area contributed by atoms with Gasteiger partial charge in [-0.1, -0.05) is 30.0 Å². The van der Waals surface area contributed by atoms with Gasteiger partial charge in [-0.25, -0.2) is 9.37 Å². The monoisotopic (exact) mass is 425 g/mol. The highest BCUT2D eigenvalue weighted by atomic mass is 32.2. The molecule has 0 radical (unpaired) electrons. The van der Waals surface area contributed by atoms with Crippen LogP contribution in [-0.4, -0.2) is 15.8 Å². The Morgan fingerprint density at radius 1 is 1.10 bits per heavy atom. The van der Waals surface area contributed by atoms with Gasteiger partial charge in [-0.3, -0.25) is 14.9 Å².